The maximum absolute atomic E-state index is 5.30. The van der Waals surface area contributed by atoms with E-state index in [0.717, 1.165) is 19.3 Å². The maximum atomic E-state index is 5.30. The second-order valence-electron chi connectivity index (χ2n) is 5.35. The van der Waals surface area contributed by atoms with Gasteiger partial charge in [-0.25, -0.2) is 0 Å². The minimum Gasteiger partial charge on any atom is -0.380 e. The maximum Gasteiger partial charge on any atom is 0.0545 e. The summed E-state index contributed by atoms with van der Waals surface area (Å²) in [6, 6.07) is 0.864. The van der Waals surface area contributed by atoms with Crippen LogP contribution in [0.4, 0.5) is 0 Å². The van der Waals surface area contributed by atoms with Crippen LogP contribution in [0.5, 0.6) is 0 Å². The highest BCUT2D eigenvalue weighted by Gasteiger charge is 2.51. The SMILES string of the molecule is CC.CC1=CCN(C2CC3(COC3)C2)CC1. The van der Waals surface area contributed by atoms with Crippen molar-refractivity contribution in [2.75, 3.05) is 26.3 Å². The minimum absolute atomic E-state index is 0.626. The lowest BCUT2D eigenvalue weighted by Gasteiger charge is -2.56. The summed E-state index contributed by atoms with van der Waals surface area (Å²) in [5.74, 6) is 0. The van der Waals surface area contributed by atoms with Crippen LogP contribution < -0.4 is 0 Å². The smallest absolute Gasteiger partial charge is 0.0545 e. The highest BCUT2D eigenvalue weighted by Crippen LogP contribution is 2.49. The van der Waals surface area contributed by atoms with Gasteiger partial charge in [0.15, 0.2) is 0 Å². The van der Waals surface area contributed by atoms with Crippen LogP contribution >= 0.6 is 0 Å². The first-order chi connectivity index (χ1) is 7.77. The third kappa shape index (κ3) is 2.18. The molecule has 0 bridgehead atoms. The molecule has 2 aliphatic heterocycles. The lowest BCUT2D eigenvalue weighted by Crippen LogP contribution is -2.60. The molecule has 3 aliphatic rings. The third-order valence-electron chi connectivity index (χ3n) is 4.14. The first-order valence-corrected chi connectivity index (χ1v) is 6.75. The van der Waals surface area contributed by atoms with E-state index in [4.69, 9.17) is 4.74 Å². The lowest BCUT2D eigenvalue weighted by molar-refractivity contribution is -0.183. The zero-order valence-corrected chi connectivity index (χ0v) is 11.0. The molecule has 0 radical (unpaired) electrons. The predicted molar refractivity (Wildman–Crippen MR) is 67.6 cm³/mol. The summed E-state index contributed by atoms with van der Waals surface area (Å²) in [5.41, 5.74) is 2.20. The highest BCUT2D eigenvalue weighted by atomic mass is 16.5. The fourth-order valence-electron chi connectivity index (χ4n) is 2.94. The molecule has 2 nitrogen and oxygen atoms in total. The van der Waals surface area contributed by atoms with Gasteiger partial charge in [0.2, 0.25) is 0 Å². The van der Waals surface area contributed by atoms with Crippen molar-refractivity contribution in [2.45, 2.75) is 46.1 Å². The molecule has 0 amide bonds. The summed E-state index contributed by atoms with van der Waals surface area (Å²) in [6.07, 6.45) is 6.45. The summed E-state index contributed by atoms with van der Waals surface area (Å²) >= 11 is 0. The molecule has 1 aliphatic carbocycles. The molecule has 0 atom stereocenters. The molecule has 1 saturated heterocycles. The standard InChI is InChI=1S/C12H19NO.C2H6/c1-10-2-4-13(5-3-10)11-6-12(7-11)8-14-9-12;1-2/h2,11H,3-9H2,1H3;1-2H3. The van der Waals surface area contributed by atoms with Crippen LogP contribution in [0.15, 0.2) is 11.6 Å². The monoisotopic (exact) mass is 223 g/mol. The molecule has 0 unspecified atom stereocenters. The Bertz CT molecular complexity index is 260. The Morgan fingerprint density at radius 2 is 2.00 bits per heavy atom. The fourth-order valence-corrected chi connectivity index (χ4v) is 2.94. The van der Waals surface area contributed by atoms with Gasteiger partial charge in [-0.15, -0.1) is 0 Å². The van der Waals surface area contributed by atoms with E-state index in [1.807, 2.05) is 13.8 Å². The number of nitrogens with zero attached hydrogens (tertiary/aromatic N) is 1. The molecule has 0 N–H and O–H groups in total. The van der Waals surface area contributed by atoms with Crippen molar-refractivity contribution in [2.24, 2.45) is 5.41 Å². The van der Waals surface area contributed by atoms with E-state index in [2.05, 4.69) is 17.9 Å². The Morgan fingerprint density at radius 1 is 1.31 bits per heavy atom. The van der Waals surface area contributed by atoms with Crippen molar-refractivity contribution >= 4 is 0 Å². The first-order valence-electron chi connectivity index (χ1n) is 6.75. The Kier molecular flexibility index (Phi) is 3.70. The number of ether oxygens (including phenoxy) is 1. The van der Waals surface area contributed by atoms with Gasteiger partial charge in [0.05, 0.1) is 13.2 Å². The van der Waals surface area contributed by atoms with Crippen LogP contribution in [0.2, 0.25) is 0 Å². The summed E-state index contributed by atoms with van der Waals surface area (Å²) < 4.78 is 5.30. The van der Waals surface area contributed by atoms with E-state index in [9.17, 15) is 0 Å². The molecule has 0 aromatic heterocycles. The Labute approximate surface area is 99.7 Å². The van der Waals surface area contributed by atoms with Gasteiger partial charge in [0, 0.05) is 24.5 Å². The van der Waals surface area contributed by atoms with Crippen molar-refractivity contribution < 1.29 is 4.74 Å². The van der Waals surface area contributed by atoms with Gasteiger partial charge in [-0.1, -0.05) is 25.5 Å². The van der Waals surface area contributed by atoms with Crippen LogP contribution in [0, 0.1) is 5.41 Å². The van der Waals surface area contributed by atoms with Crippen LogP contribution in [-0.2, 0) is 4.74 Å². The number of hydrogen-bond donors (Lipinski definition) is 0. The summed E-state index contributed by atoms with van der Waals surface area (Å²) in [4.78, 5) is 2.65. The molecular weight excluding hydrogens is 198 g/mol. The molecule has 0 aromatic rings. The van der Waals surface area contributed by atoms with Crippen molar-refractivity contribution in [3.05, 3.63) is 11.6 Å². The molecule has 3 rings (SSSR count). The van der Waals surface area contributed by atoms with Crippen LogP contribution in [0.25, 0.3) is 0 Å². The lowest BCUT2D eigenvalue weighted by atomic mass is 9.63. The number of hydrogen-bond acceptors (Lipinski definition) is 2. The van der Waals surface area contributed by atoms with E-state index in [-0.39, 0.29) is 0 Å². The average Bonchev–Trinajstić information content (AvgIpc) is 2.20. The summed E-state index contributed by atoms with van der Waals surface area (Å²) in [5, 5.41) is 0. The van der Waals surface area contributed by atoms with Crippen LogP contribution in [0.1, 0.15) is 40.0 Å². The predicted octanol–water partition coefficient (Wildman–Crippen LogP) is 2.84. The van der Waals surface area contributed by atoms with Crippen molar-refractivity contribution in [1.82, 2.24) is 4.90 Å². The van der Waals surface area contributed by atoms with E-state index >= 15 is 0 Å². The normalized spacial score (nSPS) is 28.6. The molecular formula is C14H25NO. The second-order valence-corrected chi connectivity index (χ2v) is 5.35. The van der Waals surface area contributed by atoms with Gasteiger partial charge in [-0.05, 0) is 26.2 Å². The quantitative estimate of drug-likeness (QED) is 0.634. The van der Waals surface area contributed by atoms with E-state index in [0.29, 0.717) is 5.41 Å². The van der Waals surface area contributed by atoms with Gasteiger partial charge in [-0.3, -0.25) is 4.90 Å². The van der Waals surface area contributed by atoms with E-state index in [1.165, 1.54) is 32.4 Å². The van der Waals surface area contributed by atoms with E-state index < -0.39 is 0 Å². The average molecular weight is 223 g/mol. The Hall–Kier alpha value is -0.340. The topological polar surface area (TPSA) is 12.5 Å². The van der Waals surface area contributed by atoms with Gasteiger partial charge in [0.1, 0.15) is 0 Å². The first kappa shape index (κ1) is 12.1. The Morgan fingerprint density at radius 3 is 2.44 bits per heavy atom. The summed E-state index contributed by atoms with van der Waals surface area (Å²) in [6.45, 7) is 10.8. The summed E-state index contributed by atoms with van der Waals surface area (Å²) in [7, 11) is 0. The molecule has 1 spiro atoms. The molecule has 16 heavy (non-hydrogen) atoms. The van der Waals surface area contributed by atoms with Crippen molar-refractivity contribution in [3.8, 4) is 0 Å². The van der Waals surface area contributed by atoms with Gasteiger partial charge >= 0.3 is 0 Å². The number of rotatable bonds is 1. The van der Waals surface area contributed by atoms with Crippen molar-refractivity contribution in [1.29, 1.82) is 0 Å². The molecule has 2 heterocycles. The third-order valence-corrected chi connectivity index (χ3v) is 4.14. The zero-order valence-electron chi connectivity index (χ0n) is 11.0. The molecule has 2 heteroatoms. The highest BCUT2D eigenvalue weighted by molar-refractivity contribution is 5.08. The van der Waals surface area contributed by atoms with Crippen LogP contribution in [-0.4, -0.2) is 37.2 Å². The molecule has 92 valence electrons. The largest absolute Gasteiger partial charge is 0.380 e. The van der Waals surface area contributed by atoms with Gasteiger partial charge < -0.3 is 4.74 Å². The second kappa shape index (κ2) is 4.89. The molecule has 1 saturated carbocycles. The Balaban J connectivity index is 0.000000457. The molecule has 0 aromatic carbocycles. The van der Waals surface area contributed by atoms with Gasteiger partial charge in [0.25, 0.3) is 0 Å². The van der Waals surface area contributed by atoms with Crippen LogP contribution in [0.3, 0.4) is 0 Å². The van der Waals surface area contributed by atoms with Crippen molar-refractivity contribution in [3.63, 3.8) is 0 Å². The fraction of sp³-hybridized carbons (Fsp3) is 0.857. The van der Waals surface area contributed by atoms with Gasteiger partial charge in [-0.2, -0.15) is 0 Å². The zero-order chi connectivity index (χ0) is 11.6. The molecule has 2 fully saturated rings. The minimum atomic E-state index is 0.626. The van der Waals surface area contributed by atoms with E-state index in [1.54, 1.807) is 5.57 Å².